The third kappa shape index (κ3) is 3.64. The second-order valence-corrected chi connectivity index (χ2v) is 5.51. The second kappa shape index (κ2) is 4.59. The van der Waals surface area contributed by atoms with Gasteiger partial charge in [-0.3, -0.25) is 0 Å². The summed E-state index contributed by atoms with van der Waals surface area (Å²) in [4.78, 5) is 11.6. The Balaban J connectivity index is 2.47. The highest BCUT2D eigenvalue weighted by molar-refractivity contribution is 5.69. The largest absolute Gasteiger partial charge is 0.444 e. The number of alkyl carbamates (subject to hydrolysis) is 1. The summed E-state index contributed by atoms with van der Waals surface area (Å²) in [5, 5.41) is 2.85. The van der Waals surface area contributed by atoms with Crippen LogP contribution >= 0.6 is 0 Å². The van der Waals surface area contributed by atoms with Crippen molar-refractivity contribution in [1.29, 1.82) is 0 Å². The Labute approximate surface area is 96.7 Å². The number of ether oxygens (including phenoxy) is 2. The van der Waals surface area contributed by atoms with Gasteiger partial charge in [-0.25, -0.2) is 4.79 Å². The molecule has 0 radical (unpaired) electrons. The molecule has 0 spiro atoms. The molecule has 1 saturated carbocycles. The van der Waals surface area contributed by atoms with Crippen LogP contribution < -0.4 is 11.1 Å². The van der Waals surface area contributed by atoms with Crippen LogP contribution in [0, 0.1) is 0 Å². The third-order valence-electron chi connectivity index (χ3n) is 2.49. The molecule has 0 aliphatic heterocycles. The fourth-order valence-corrected chi connectivity index (χ4v) is 2.00. The predicted octanol–water partition coefficient (Wildman–Crippen LogP) is 1.02. The molecule has 1 rings (SSSR count). The van der Waals surface area contributed by atoms with Crippen LogP contribution in [0.25, 0.3) is 0 Å². The van der Waals surface area contributed by atoms with Gasteiger partial charge in [0.2, 0.25) is 0 Å². The number of amides is 1. The van der Waals surface area contributed by atoms with Gasteiger partial charge in [-0.15, -0.1) is 0 Å². The lowest BCUT2D eigenvalue weighted by molar-refractivity contribution is 0.0127. The summed E-state index contributed by atoms with van der Waals surface area (Å²) in [5.74, 6) is 0. The van der Waals surface area contributed by atoms with Crippen molar-refractivity contribution in [2.75, 3.05) is 13.7 Å². The first-order valence-electron chi connectivity index (χ1n) is 5.52. The van der Waals surface area contributed by atoms with Crippen LogP contribution in [0.4, 0.5) is 4.79 Å². The monoisotopic (exact) mass is 230 g/mol. The molecule has 0 aromatic rings. The number of carbonyl (C=O) groups excluding carboxylic acids is 1. The molecule has 0 bridgehead atoms. The lowest BCUT2D eigenvalue weighted by Gasteiger charge is -2.46. The molecule has 16 heavy (non-hydrogen) atoms. The van der Waals surface area contributed by atoms with E-state index in [0.29, 0.717) is 6.61 Å². The van der Waals surface area contributed by atoms with E-state index in [1.165, 1.54) is 0 Å². The van der Waals surface area contributed by atoms with Crippen molar-refractivity contribution in [3.63, 3.8) is 0 Å². The summed E-state index contributed by atoms with van der Waals surface area (Å²) in [6.07, 6.45) is 1.07. The highest BCUT2D eigenvalue weighted by Crippen LogP contribution is 2.31. The highest BCUT2D eigenvalue weighted by atomic mass is 16.6. The van der Waals surface area contributed by atoms with Crippen molar-refractivity contribution in [1.82, 2.24) is 5.32 Å². The van der Waals surface area contributed by atoms with Gasteiger partial charge in [-0.05, 0) is 33.6 Å². The first kappa shape index (κ1) is 13.3. The van der Waals surface area contributed by atoms with Gasteiger partial charge >= 0.3 is 6.09 Å². The summed E-state index contributed by atoms with van der Waals surface area (Å²) in [7, 11) is 1.61. The molecule has 5 nitrogen and oxygen atoms in total. The standard InChI is InChI=1S/C11H22N2O3/c1-10(2,3)16-9(14)13-11(7-15-4)5-8(12)6-11/h8H,5-7,12H2,1-4H3,(H,13,14). The minimum Gasteiger partial charge on any atom is -0.444 e. The third-order valence-corrected chi connectivity index (χ3v) is 2.49. The minimum absolute atomic E-state index is 0.144. The van der Waals surface area contributed by atoms with Crippen molar-refractivity contribution >= 4 is 6.09 Å². The van der Waals surface area contributed by atoms with Gasteiger partial charge in [0.25, 0.3) is 0 Å². The normalized spacial score (nSPS) is 29.4. The molecule has 0 aromatic heterocycles. The van der Waals surface area contributed by atoms with Crippen LogP contribution in [-0.4, -0.2) is 37.0 Å². The Morgan fingerprint density at radius 2 is 2.06 bits per heavy atom. The Bertz CT molecular complexity index is 249. The first-order chi connectivity index (χ1) is 7.26. The van der Waals surface area contributed by atoms with E-state index in [1.54, 1.807) is 7.11 Å². The van der Waals surface area contributed by atoms with Crippen LogP contribution in [0.3, 0.4) is 0 Å². The molecule has 0 unspecified atom stereocenters. The Morgan fingerprint density at radius 3 is 2.44 bits per heavy atom. The molecular weight excluding hydrogens is 208 g/mol. The molecule has 0 atom stereocenters. The first-order valence-corrected chi connectivity index (χ1v) is 5.52. The second-order valence-electron chi connectivity index (χ2n) is 5.51. The average molecular weight is 230 g/mol. The summed E-state index contributed by atoms with van der Waals surface area (Å²) >= 11 is 0. The van der Waals surface area contributed by atoms with Crippen molar-refractivity contribution in [3.05, 3.63) is 0 Å². The van der Waals surface area contributed by atoms with E-state index in [4.69, 9.17) is 15.2 Å². The van der Waals surface area contributed by atoms with E-state index in [2.05, 4.69) is 5.32 Å². The average Bonchev–Trinajstić information content (AvgIpc) is 1.97. The number of hydrogen-bond acceptors (Lipinski definition) is 4. The Morgan fingerprint density at radius 1 is 1.50 bits per heavy atom. The van der Waals surface area contributed by atoms with E-state index < -0.39 is 11.7 Å². The molecule has 5 heteroatoms. The molecular formula is C11H22N2O3. The fraction of sp³-hybridized carbons (Fsp3) is 0.909. The number of methoxy groups -OCH3 is 1. The van der Waals surface area contributed by atoms with Gasteiger partial charge < -0.3 is 20.5 Å². The zero-order chi connectivity index (χ0) is 12.4. The van der Waals surface area contributed by atoms with Gasteiger partial charge in [-0.2, -0.15) is 0 Å². The Hall–Kier alpha value is -0.810. The molecule has 0 heterocycles. The van der Waals surface area contributed by atoms with E-state index >= 15 is 0 Å². The van der Waals surface area contributed by atoms with Crippen LogP contribution in [0.1, 0.15) is 33.6 Å². The number of rotatable bonds is 3. The van der Waals surface area contributed by atoms with Crippen molar-refractivity contribution in [2.24, 2.45) is 5.73 Å². The van der Waals surface area contributed by atoms with Crippen molar-refractivity contribution < 1.29 is 14.3 Å². The summed E-state index contributed by atoms with van der Waals surface area (Å²) in [5.41, 5.74) is 4.92. The number of hydrogen-bond donors (Lipinski definition) is 2. The number of nitrogens with two attached hydrogens (primary N) is 1. The van der Waals surface area contributed by atoms with Gasteiger partial charge in [0.15, 0.2) is 0 Å². The van der Waals surface area contributed by atoms with E-state index in [-0.39, 0.29) is 11.6 Å². The molecule has 1 aliphatic carbocycles. The summed E-state index contributed by atoms with van der Waals surface area (Å²) < 4.78 is 10.3. The zero-order valence-electron chi connectivity index (χ0n) is 10.5. The SMILES string of the molecule is COCC1(NC(=O)OC(C)(C)C)CC(N)C1. The maximum atomic E-state index is 11.6. The maximum absolute atomic E-state index is 11.6. The molecule has 0 saturated heterocycles. The van der Waals surface area contributed by atoms with Crippen LogP contribution in [0.15, 0.2) is 0 Å². The lowest BCUT2D eigenvalue weighted by atomic mass is 9.73. The minimum atomic E-state index is -0.482. The summed E-state index contributed by atoms with van der Waals surface area (Å²) in [6, 6.07) is 0.144. The molecule has 94 valence electrons. The van der Waals surface area contributed by atoms with Gasteiger partial charge in [0.1, 0.15) is 5.60 Å². The quantitative estimate of drug-likeness (QED) is 0.759. The van der Waals surface area contributed by atoms with Crippen LogP contribution in [0.2, 0.25) is 0 Å². The lowest BCUT2D eigenvalue weighted by Crippen LogP contribution is -2.64. The Kier molecular flexibility index (Phi) is 3.80. The fourth-order valence-electron chi connectivity index (χ4n) is 2.00. The highest BCUT2D eigenvalue weighted by Gasteiger charge is 2.44. The van der Waals surface area contributed by atoms with Gasteiger partial charge in [0.05, 0.1) is 12.1 Å². The molecule has 1 aliphatic rings. The van der Waals surface area contributed by atoms with Gasteiger partial charge in [0, 0.05) is 13.2 Å². The van der Waals surface area contributed by atoms with E-state index in [0.717, 1.165) is 12.8 Å². The number of carbonyl (C=O) groups is 1. The topological polar surface area (TPSA) is 73.6 Å². The molecule has 1 fully saturated rings. The van der Waals surface area contributed by atoms with Crippen molar-refractivity contribution in [2.45, 2.75) is 50.8 Å². The predicted molar refractivity (Wildman–Crippen MR) is 61.2 cm³/mol. The van der Waals surface area contributed by atoms with Crippen LogP contribution in [0.5, 0.6) is 0 Å². The molecule has 3 N–H and O–H groups in total. The molecule has 0 aromatic carbocycles. The maximum Gasteiger partial charge on any atom is 0.408 e. The van der Waals surface area contributed by atoms with Crippen molar-refractivity contribution in [3.8, 4) is 0 Å². The van der Waals surface area contributed by atoms with Gasteiger partial charge in [-0.1, -0.05) is 0 Å². The number of nitrogens with one attached hydrogen (secondary N) is 1. The van der Waals surface area contributed by atoms with E-state index in [1.807, 2.05) is 20.8 Å². The summed E-state index contributed by atoms with van der Waals surface area (Å²) in [6.45, 7) is 5.98. The molecule has 1 amide bonds. The zero-order valence-corrected chi connectivity index (χ0v) is 10.5. The van der Waals surface area contributed by atoms with Crippen LogP contribution in [-0.2, 0) is 9.47 Å². The smallest absolute Gasteiger partial charge is 0.408 e. The van der Waals surface area contributed by atoms with E-state index in [9.17, 15) is 4.79 Å².